The molecule has 0 aliphatic carbocycles. The summed E-state index contributed by atoms with van der Waals surface area (Å²) < 4.78 is 5.91. The van der Waals surface area contributed by atoms with E-state index in [1.54, 1.807) is 0 Å². The molecule has 0 radical (unpaired) electrons. The van der Waals surface area contributed by atoms with E-state index >= 15 is 0 Å². The predicted octanol–water partition coefficient (Wildman–Crippen LogP) is 17.3. The normalized spacial score (nSPS) is 13.9. The van der Waals surface area contributed by atoms with Crippen LogP contribution in [0, 0.1) is 0 Å². The number of carbonyl (C=O) groups is 2. The largest absolute Gasteiger partial charge is 0.462 e. The number of carbonyl (C=O) groups excluding carboxylic acids is 2. The van der Waals surface area contributed by atoms with Crippen molar-refractivity contribution in [3.8, 4) is 0 Å². The van der Waals surface area contributed by atoms with Gasteiger partial charge in [0.05, 0.1) is 25.2 Å². The van der Waals surface area contributed by atoms with Crippen LogP contribution in [0.1, 0.15) is 252 Å². The van der Waals surface area contributed by atoms with E-state index in [-0.39, 0.29) is 24.9 Å². The molecule has 1 amide bonds. The van der Waals surface area contributed by atoms with Gasteiger partial charge in [0.2, 0.25) is 5.91 Å². The predicted molar refractivity (Wildman–Crippen MR) is 291 cm³/mol. The molecule has 0 aliphatic rings. The van der Waals surface area contributed by atoms with Crippen molar-refractivity contribution in [3.63, 3.8) is 0 Å². The van der Waals surface area contributed by atoms with Gasteiger partial charge >= 0.3 is 5.97 Å². The lowest BCUT2D eigenvalue weighted by molar-refractivity contribution is -0.151. The van der Waals surface area contributed by atoms with Crippen LogP contribution in [-0.2, 0) is 14.3 Å². The Morgan fingerprint density at radius 3 is 1.40 bits per heavy atom. The van der Waals surface area contributed by atoms with Crippen LogP contribution in [0.2, 0.25) is 0 Å². The molecule has 67 heavy (non-hydrogen) atoms. The second-order valence-corrected chi connectivity index (χ2v) is 18.7. The molecule has 0 rings (SSSR count). The lowest BCUT2D eigenvalue weighted by atomic mass is 10.0. The first kappa shape index (κ1) is 63.8. The molecule has 0 bridgehead atoms. The number of aliphatic hydroxyl groups is 2. The molecule has 0 aromatic rings. The Hall–Kier alpha value is -3.22. The maximum absolute atomic E-state index is 13.2. The zero-order chi connectivity index (χ0) is 48.8. The van der Waals surface area contributed by atoms with E-state index in [1.807, 2.05) is 0 Å². The number of hydrogen-bond acceptors (Lipinski definition) is 5. The van der Waals surface area contributed by atoms with Gasteiger partial charge in [-0.15, -0.1) is 0 Å². The summed E-state index contributed by atoms with van der Waals surface area (Å²) >= 11 is 0. The van der Waals surface area contributed by atoms with Gasteiger partial charge in [0.1, 0.15) is 6.10 Å². The average Bonchev–Trinajstić information content (AvgIpc) is 3.32. The van der Waals surface area contributed by atoms with E-state index in [0.717, 1.165) is 103 Å². The van der Waals surface area contributed by atoms with Gasteiger partial charge < -0.3 is 20.3 Å². The highest BCUT2D eigenvalue weighted by Crippen LogP contribution is 2.17. The van der Waals surface area contributed by atoms with Crippen LogP contribution in [0.25, 0.3) is 0 Å². The number of amides is 1. The van der Waals surface area contributed by atoms with Crippen LogP contribution in [0.4, 0.5) is 0 Å². The summed E-state index contributed by atoms with van der Waals surface area (Å²) in [6.07, 6.45) is 71.8. The molecule has 3 atom stereocenters. The first-order chi connectivity index (χ1) is 33.0. The minimum atomic E-state index is -0.813. The van der Waals surface area contributed by atoms with E-state index in [4.69, 9.17) is 4.74 Å². The lowest BCUT2D eigenvalue weighted by Crippen LogP contribution is -2.46. The third-order valence-corrected chi connectivity index (χ3v) is 12.2. The van der Waals surface area contributed by atoms with Crippen LogP contribution in [0.3, 0.4) is 0 Å². The fraction of sp³-hybridized carbons (Fsp3) is 0.705. The minimum absolute atomic E-state index is 0.0252. The smallest absolute Gasteiger partial charge is 0.306 e. The summed E-state index contributed by atoms with van der Waals surface area (Å²) in [7, 11) is 0. The van der Waals surface area contributed by atoms with Crippen LogP contribution < -0.4 is 5.32 Å². The standard InChI is InChI=1S/C61H105NO5/c1-4-7-10-13-16-19-22-25-28-30-31-33-36-39-42-45-48-51-54-61(66)67-57(52-49-46-43-40-37-34-27-24-21-18-15-12-9-6-3)55-60(65)62-58(56-63)59(64)53-50-47-44-41-38-35-32-29-26-23-20-17-14-11-8-5-2/h9,12,16,18-19,21-22,25,27-28,30-31,33-34,40,43,57-59,63-64H,4-8,10-11,13-15,17,20,23-24,26,29,32,35-39,41-42,44-56H2,1-3H3,(H,62,65)/b12-9+,19-16+,21-18+,25-22+,30-28+,33-31+,34-27+,43-40+. The van der Waals surface area contributed by atoms with Gasteiger partial charge in [-0.3, -0.25) is 9.59 Å². The van der Waals surface area contributed by atoms with Crippen LogP contribution in [0.5, 0.6) is 0 Å². The topological polar surface area (TPSA) is 95.9 Å². The molecule has 0 fully saturated rings. The van der Waals surface area contributed by atoms with Crippen molar-refractivity contribution in [3.05, 3.63) is 97.2 Å². The van der Waals surface area contributed by atoms with Crippen molar-refractivity contribution >= 4 is 11.9 Å². The van der Waals surface area contributed by atoms with Gasteiger partial charge in [0, 0.05) is 6.42 Å². The van der Waals surface area contributed by atoms with Crippen molar-refractivity contribution in [2.24, 2.45) is 0 Å². The van der Waals surface area contributed by atoms with Gasteiger partial charge in [-0.2, -0.15) is 0 Å². The summed E-state index contributed by atoms with van der Waals surface area (Å²) in [5, 5.41) is 23.8. The lowest BCUT2D eigenvalue weighted by Gasteiger charge is -2.24. The van der Waals surface area contributed by atoms with E-state index in [2.05, 4.69) is 123 Å². The Morgan fingerprint density at radius 2 is 0.881 bits per heavy atom. The first-order valence-corrected chi connectivity index (χ1v) is 28.0. The van der Waals surface area contributed by atoms with Crippen molar-refractivity contribution < 1.29 is 24.5 Å². The van der Waals surface area contributed by atoms with Crippen LogP contribution >= 0.6 is 0 Å². The third-order valence-electron chi connectivity index (χ3n) is 12.2. The van der Waals surface area contributed by atoms with E-state index < -0.39 is 18.2 Å². The number of unbranched alkanes of at least 4 members (excludes halogenated alkanes) is 24. The highest BCUT2D eigenvalue weighted by molar-refractivity contribution is 5.77. The SMILES string of the molecule is CC/C=C/C/C=C/C/C=C/C/C=C/CCCC(CC(=O)NC(CO)C(O)CCCCCCCCCCCCCCCCCC)OC(=O)CCCCCCC/C=C/C=C/C=C/C=C/CCCCC. The summed E-state index contributed by atoms with van der Waals surface area (Å²) in [5.41, 5.74) is 0. The Labute approximate surface area is 414 Å². The molecule has 0 aromatic carbocycles. The van der Waals surface area contributed by atoms with Gasteiger partial charge in [-0.25, -0.2) is 0 Å². The zero-order valence-electron chi connectivity index (χ0n) is 43.8. The fourth-order valence-electron chi connectivity index (χ4n) is 8.03. The summed E-state index contributed by atoms with van der Waals surface area (Å²) in [5.74, 6) is -0.558. The second-order valence-electron chi connectivity index (χ2n) is 18.7. The third kappa shape index (κ3) is 49.0. The summed E-state index contributed by atoms with van der Waals surface area (Å²) in [4.78, 5) is 26.2. The summed E-state index contributed by atoms with van der Waals surface area (Å²) in [6.45, 7) is 6.32. The van der Waals surface area contributed by atoms with Crippen LogP contribution in [0.15, 0.2) is 97.2 Å². The Morgan fingerprint density at radius 1 is 0.463 bits per heavy atom. The first-order valence-electron chi connectivity index (χ1n) is 28.0. The molecular formula is C61H105NO5. The van der Waals surface area contributed by atoms with Gasteiger partial charge in [0.25, 0.3) is 0 Å². The Balaban J connectivity index is 4.67. The number of aliphatic hydroxyl groups excluding tert-OH is 2. The molecule has 3 N–H and O–H groups in total. The van der Waals surface area contributed by atoms with Crippen molar-refractivity contribution in [1.82, 2.24) is 5.32 Å². The minimum Gasteiger partial charge on any atom is -0.462 e. The quantitative estimate of drug-likeness (QED) is 0.0244. The molecule has 6 heteroatoms. The highest BCUT2D eigenvalue weighted by atomic mass is 16.5. The molecule has 0 aliphatic heterocycles. The van der Waals surface area contributed by atoms with Gasteiger partial charge in [0.15, 0.2) is 0 Å². The number of rotatable bonds is 49. The van der Waals surface area contributed by atoms with Gasteiger partial charge in [-0.05, 0) is 83.5 Å². The molecule has 0 heterocycles. The number of ether oxygens (including phenoxy) is 1. The maximum Gasteiger partial charge on any atom is 0.306 e. The van der Waals surface area contributed by atoms with Gasteiger partial charge in [-0.1, -0.05) is 253 Å². The van der Waals surface area contributed by atoms with Crippen molar-refractivity contribution in [1.29, 1.82) is 0 Å². The Kier molecular flexibility index (Phi) is 51.1. The number of allylic oxidation sites excluding steroid dienone is 16. The number of nitrogens with one attached hydrogen (secondary N) is 1. The molecule has 3 unspecified atom stereocenters. The fourth-order valence-corrected chi connectivity index (χ4v) is 8.03. The number of hydrogen-bond donors (Lipinski definition) is 3. The average molecular weight is 933 g/mol. The van der Waals surface area contributed by atoms with E-state index in [9.17, 15) is 19.8 Å². The monoisotopic (exact) mass is 932 g/mol. The molecule has 6 nitrogen and oxygen atoms in total. The number of esters is 1. The highest BCUT2D eigenvalue weighted by Gasteiger charge is 2.24. The molecule has 0 spiro atoms. The maximum atomic E-state index is 13.2. The molecule has 0 saturated heterocycles. The van der Waals surface area contributed by atoms with Crippen LogP contribution in [-0.4, -0.2) is 46.9 Å². The molecule has 0 aromatic heterocycles. The second kappa shape index (κ2) is 53.7. The van der Waals surface area contributed by atoms with Crippen molar-refractivity contribution in [2.45, 2.75) is 270 Å². The summed E-state index contributed by atoms with van der Waals surface area (Å²) in [6, 6.07) is -0.731. The Bertz CT molecular complexity index is 1320. The van der Waals surface area contributed by atoms with E-state index in [0.29, 0.717) is 19.3 Å². The molecule has 384 valence electrons. The van der Waals surface area contributed by atoms with E-state index in [1.165, 1.54) is 103 Å². The zero-order valence-corrected chi connectivity index (χ0v) is 43.8. The molecular weight excluding hydrogens is 827 g/mol. The van der Waals surface area contributed by atoms with Crippen molar-refractivity contribution in [2.75, 3.05) is 6.61 Å². The molecule has 0 saturated carbocycles.